The van der Waals surface area contributed by atoms with Crippen LogP contribution in [0.2, 0.25) is 10.0 Å². The van der Waals surface area contributed by atoms with Crippen LogP contribution in [0, 0.1) is 10.1 Å². The average Bonchev–Trinajstić information content (AvgIpc) is 2.73. The van der Waals surface area contributed by atoms with Crippen LogP contribution in [0.4, 0.5) is 11.4 Å². The van der Waals surface area contributed by atoms with Crippen molar-refractivity contribution in [2.75, 3.05) is 31.1 Å². The highest BCUT2D eigenvalue weighted by Crippen LogP contribution is 2.28. The number of anilines is 1. The Balaban J connectivity index is 1.51. The van der Waals surface area contributed by atoms with Crippen LogP contribution in [0.25, 0.3) is 11.0 Å². The minimum absolute atomic E-state index is 0.0239. The van der Waals surface area contributed by atoms with Gasteiger partial charge in [0, 0.05) is 54.4 Å². The Morgan fingerprint density at radius 1 is 1.03 bits per heavy atom. The van der Waals surface area contributed by atoms with E-state index in [9.17, 15) is 19.7 Å². The maximum Gasteiger partial charge on any atom is 0.349 e. The standard InChI is InChI=1S/C20H15Cl2N3O5/c21-13-9-12-10-16(20(27)30-18(12)17(22)11-13)19(26)24-7-5-23(6-8-24)14-1-3-15(4-2-14)25(28)29/h1-4,9-11H,5-8H2. The second-order valence-electron chi connectivity index (χ2n) is 6.81. The molecule has 0 spiro atoms. The van der Waals surface area contributed by atoms with Gasteiger partial charge in [0.1, 0.15) is 5.56 Å². The number of nitrogens with zero attached hydrogens (tertiary/aromatic N) is 3. The van der Waals surface area contributed by atoms with Crippen molar-refractivity contribution in [1.82, 2.24) is 4.90 Å². The summed E-state index contributed by atoms with van der Waals surface area (Å²) in [6.45, 7) is 1.84. The van der Waals surface area contributed by atoms with Crippen molar-refractivity contribution in [2.24, 2.45) is 0 Å². The summed E-state index contributed by atoms with van der Waals surface area (Å²) in [7, 11) is 0. The number of carbonyl (C=O) groups excluding carboxylic acids is 1. The summed E-state index contributed by atoms with van der Waals surface area (Å²) in [5.41, 5.74) is 0.211. The molecule has 30 heavy (non-hydrogen) atoms. The number of amides is 1. The molecule has 1 saturated heterocycles. The average molecular weight is 448 g/mol. The fourth-order valence-electron chi connectivity index (χ4n) is 3.43. The molecule has 2 heterocycles. The van der Waals surface area contributed by atoms with Gasteiger partial charge < -0.3 is 14.2 Å². The summed E-state index contributed by atoms with van der Waals surface area (Å²) in [5.74, 6) is -0.426. The van der Waals surface area contributed by atoms with Gasteiger partial charge in [-0.1, -0.05) is 23.2 Å². The van der Waals surface area contributed by atoms with Crippen LogP contribution in [0.5, 0.6) is 0 Å². The number of fused-ring (bicyclic) bond motifs is 1. The Morgan fingerprint density at radius 2 is 1.70 bits per heavy atom. The first-order valence-corrected chi connectivity index (χ1v) is 9.80. The summed E-state index contributed by atoms with van der Waals surface area (Å²) >= 11 is 12.1. The van der Waals surface area contributed by atoms with E-state index in [1.807, 2.05) is 4.90 Å². The largest absolute Gasteiger partial charge is 0.421 e. The van der Waals surface area contributed by atoms with Crippen molar-refractivity contribution < 1.29 is 14.1 Å². The highest BCUT2D eigenvalue weighted by molar-refractivity contribution is 6.38. The number of piperazine rings is 1. The van der Waals surface area contributed by atoms with Crippen LogP contribution < -0.4 is 10.5 Å². The van der Waals surface area contributed by atoms with E-state index in [2.05, 4.69) is 0 Å². The maximum absolute atomic E-state index is 12.9. The number of nitro groups is 1. The highest BCUT2D eigenvalue weighted by atomic mass is 35.5. The highest BCUT2D eigenvalue weighted by Gasteiger charge is 2.25. The van der Waals surface area contributed by atoms with E-state index in [1.54, 1.807) is 23.1 Å². The van der Waals surface area contributed by atoms with Crippen molar-refractivity contribution in [3.05, 3.63) is 78.6 Å². The van der Waals surface area contributed by atoms with E-state index < -0.39 is 16.5 Å². The van der Waals surface area contributed by atoms with Gasteiger partial charge >= 0.3 is 5.63 Å². The van der Waals surface area contributed by atoms with Crippen LogP contribution in [-0.4, -0.2) is 41.9 Å². The summed E-state index contributed by atoms with van der Waals surface area (Å²) in [4.78, 5) is 39.2. The Bertz CT molecular complexity index is 1200. The van der Waals surface area contributed by atoms with E-state index in [1.165, 1.54) is 24.3 Å². The topological polar surface area (TPSA) is 96.9 Å². The molecule has 154 valence electrons. The summed E-state index contributed by atoms with van der Waals surface area (Å²) < 4.78 is 5.25. The van der Waals surface area contributed by atoms with Gasteiger partial charge in [-0.15, -0.1) is 0 Å². The second kappa shape index (κ2) is 7.97. The number of benzene rings is 2. The van der Waals surface area contributed by atoms with Gasteiger partial charge in [0.05, 0.1) is 9.95 Å². The van der Waals surface area contributed by atoms with Gasteiger partial charge in [0.15, 0.2) is 5.58 Å². The summed E-state index contributed by atoms with van der Waals surface area (Å²) in [6.07, 6.45) is 0. The Morgan fingerprint density at radius 3 is 2.33 bits per heavy atom. The molecule has 8 nitrogen and oxygen atoms in total. The zero-order valence-electron chi connectivity index (χ0n) is 15.5. The van der Waals surface area contributed by atoms with E-state index in [-0.39, 0.29) is 21.9 Å². The van der Waals surface area contributed by atoms with Gasteiger partial charge in [-0.25, -0.2) is 4.79 Å². The molecule has 1 aliphatic rings. The number of halogens is 2. The molecular weight excluding hydrogens is 433 g/mol. The molecule has 1 aliphatic heterocycles. The quantitative estimate of drug-likeness (QED) is 0.342. The monoisotopic (exact) mass is 447 g/mol. The van der Waals surface area contributed by atoms with E-state index >= 15 is 0 Å². The van der Waals surface area contributed by atoms with Crippen molar-refractivity contribution >= 4 is 51.5 Å². The Kier molecular flexibility index (Phi) is 5.36. The molecule has 0 N–H and O–H groups in total. The first kappa shape index (κ1) is 20.2. The third-order valence-corrected chi connectivity index (χ3v) is 5.47. The first-order chi connectivity index (χ1) is 14.3. The van der Waals surface area contributed by atoms with E-state index in [4.69, 9.17) is 27.6 Å². The smallest absolute Gasteiger partial charge is 0.349 e. The third kappa shape index (κ3) is 3.83. The molecule has 1 amide bonds. The maximum atomic E-state index is 12.9. The van der Waals surface area contributed by atoms with Crippen molar-refractivity contribution in [1.29, 1.82) is 0 Å². The van der Waals surface area contributed by atoms with E-state index in [0.717, 1.165) is 5.69 Å². The lowest BCUT2D eigenvalue weighted by molar-refractivity contribution is -0.384. The van der Waals surface area contributed by atoms with Crippen molar-refractivity contribution in [3.63, 3.8) is 0 Å². The first-order valence-electron chi connectivity index (χ1n) is 9.05. The number of hydrogen-bond acceptors (Lipinski definition) is 6. The summed E-state index contributed by atoms with van der Waals surface area (Å²) in [5, 5.41) is 11.8. The van der Waals surface area contributed by atoms with Crippen LogP contribution in [0.3, 0.4) is 0 Å². The number of nitro benzene ring substituents is 1. The van der Waals surface area contributed by atoms with Crippen LogP contribution in [-0.2, 0) is 0 Å². The van der Waals surface area contributed by atoms with Crippen molar-refractivity contribution in [3.8, 4) is 0 Å². The summed E-state index contributed by atoms with van der Waals surface area (Å²) in [6, 6.07) is 10.8. The number of rotatable bonds is 3. The molecule has 3 aromatic rings. The van der Waals surface area contributed by atoms with Gasteiger partial charge in [0.2, 0.25) is 0 Å². The second-order valence-corrected chi connectivity index (χ2v) is 7.65. The Hall–Kier alpha value is -3.10. The zero-order valence-corrected chi connectivity index (χ0v) is 17.0. The molecule has 2 aromatic carbocycles. The molecule has 0 radical (unpaired) electrons. The molecule has 0 aliphatic carbocycles. The number of hydrogen-bond donors (Lipinski definition) is 0. The van der Waals surface area contributed by atoms with Crippen LogP contribution >= 0.6 is 23.2 Å². The van der Waals surface area contributed by atoms with Crippen molar-refractivity contribution in [2.45, 2.75) is 0 Å². The third-order valence-electron chi connectivity index (χ3n) is 4.97. The lowest BCUT2D eigenvalue weighted by atomic mass is 10.1. The lowest BCUT2D eigenvalue weighted by Crippen LogP contribution is -2.49. The van der Waals surface area contributed by atoms with Gasteiger partial charge in [-0.3, -0.25) is 14.9 Å². The molecule has 0 atom stereocenters. The Labute approximate surface area is 180 Å². The minimum atomic E-state index is -0.755. The minimum Gasteiger partial charge on any atom is -0.421 e. The SMILES string of the molecule is O=C(c1cc2cc(Cl)cc(Cl)c2oc1=O)N1CCN(c2ccc([N+](=O)[O-])cc2)CC1. The molecule has 0 unspecified atom stereocenters. The molecule has 0 bridgehead atoms. The molecule has 1 fully saturated rings. The predicted octanol–water partition coefficient (Wildman–Crippen LogP) is 3.97. The van der Waals surface area contributed by atoms with E-state index in [0.29, 0.717) is 36.6 Å². The number of non-ortho nitro benzene ring substituents is 1. The predicted molar refractivity (Wildman–Crippen MR) is 114 cm³/mol. The molecule has 4 rings (SSSR count). The van der Waals surface area contributed by atoms with Crippen LogP contribution in [0.1, 0.15) is 10.4 Å². The van der Waals surface area contributed by atoms with Crippen LogP contribution in [0.15, 0.2) is 51.7 Å². The van der Waals surface area contributed by atoms with Gasteiger partial charge in [-0.2, -0.15) is 0 Å². The van der Waals surface area contributed by atoms with Gasteiger partial charge in [0.25, 0.3) is 11.6 Å². The molecule has 0 saturated carbocycles. The fourth-order valence-corrected chi connectivity index (χ4v) is 3.98. The molecule has 1 aromatic heterocycles. The molecule has 10 heteroatoms. The van der Waals surface area contributed by atoms with Gasteiger partial charge in [-0.05, 0) is 30.3 Å². The normalized spacial score (nSPS) is 14.2. The fraction of sp³-hybridized carbons (Fsp3) is 0.200. The number of carbonyl (C=O) groups is 1. The lowest BCUT2D eigenvalue weighted by Gasteiger charge is -2.36. The molecular formula is C20H15Cl2N3O5. The zero-order chi connectivity index (χ0) is 21.4.